The number of hydrogen-bond donors (Lipinski definition) is 5. The molecular formula is C21H24N2O6. The van der Waals surface area contributed by atoms with Gasteiger partial charge in [-0.2, -0.15) is 0 Å². The Balaban J connectivity index is 1.52. The van der Waals surface area contributed by atoms with Crippen molar-refractivity contribution in [2.75, 3.05) is 18.5 Å². The van der Waals surface area contributed by atoms with E-state index in [1.54, 1.807) is 17.0 Å². The topological polar surface area (TPSA) is 122 Å². The maximum Gasteiger partial charge on any atom is 0.270 e. The van der Waals surface area contributed by atoms with E-state index < -0.39 is 30.5 Å². The third-order valence-electron chi connectivity index (χ3n) is 5.49. The number of amides is 1. The van der Waals surface area contributed by atoms with E-state index in [1.807, 2.05) is 36.4 Å². The lowest BCUT2D eigenvalue weighted by atomic mass is 9.93. The van der Waals surface area contributed by atoms with Gasteiger partial charge in [-0.05, 0) is 17.7 Å². The molecule has 0 saturated carbocycles. The first-order valence-corrected chi connectivity index (χ1v) is 9.52. The number of fused-ring (bicyclic) bond motifs is 1. The van der Waals surface area contributed by atoms with E-state index in [0.29, 0.717) is 18.0 Å². The third-order valence-corrected chi connectivity index (χ3v) is 5.49. The average Bonchev–Trinajstić information content (AvgIpc) is 2.72. The molecule has 0 aliphatic carbocycles. The van der Waals surface area contributed by atoms with Gasteiger partial charge in [0.2, 0.25) is 6.10 Å². The van der Waals surface area contributed by atoms with Crippen LogP contribution in [0.2, 0.25) is 0 Å². The molecule has 154 valence electrons. The largest absolute Gasteiger partial charge is 0.474 e. The summed E-state index contributed by atoms with van der Waals surface area (Å²) in [5, 5.41) is 42.4. The fraction of sp³-hybridized carbons (Fsp3) is 0.381. The van der Waals surface area contributed by atoms with Crippen LogP contribution in [0.5, 0.6) is 5.75 Å². The van der Waals surface area contributed by atoms with Crippen molar-refractivity contribution in [1.82, 2.24) is 4.90 Å². The summed E-state index contributed by atoms with van der Waals surface area (Å²) in [6.07, 6.45) is -4.38. The summed E-state index contributed by atoms with van der Waals surface area (Å²) in [5.41, 5.74) is 2.11. The number of nitrogens with one attached hydrogen (secondary N) is 1. The minimum Gasteiger partial charge on any atom is -0.474 e. The van der Waals surface area contributed by atoms with E-state index in [4.69, 9.17) is 4.74 Å². The van der Waals surface area contributed by atoms with Crippen LogP contribution in [0.4, 0.5) is 5.69 Å². The number of likely N-dealkylation sites (tertiary alicyclic amines) is 1. The molecule has 2 aliphatic rings. The second-order valence-electron chi connectivity index (χ2n) is 7.46. The van der Waals surface area contributed by atoms with Crippen molar-refractivity contribution in [2.24, 2.45) is 0 Å². The van der Waals surface area contributed by atoms with Crippen LogP contribution in [-0.4, -0.2) is 68.7 Å². The monoisotopic (exact) mass is 400 g/mol. The molecule has 4 rings (SSSR count). The van der Waals surface area contributed by atoms with Gasteiger partial charge in [-0.15, -0.1) is 0 Å². The van der Waals surface area contributed by atoms with Crippen LogP contribution in [0.25, 0.3) is 0 Å². The molecule has 0 spiro atoms. The predicted molar refractivity (Wildman–Crippen MR) is 104 cm³/mol. The number of hydrogen-bond acceptors (Lipinski definition) is 7. The Morgan fingerprint density at radius 3 is 2.55 bits per heavy atom. The standard InChI is InChI=1S/C21H24N2O6/c24-11-15-18(26)19(27)16(25)10-23(15)9-12-6-7-17-14(8-12)22-21(28)20(29-17)13-4-2-1-3-5-13/h1-8,15-16,18-20,24-27H,9-11H2,(H,22,28)/t15-,16-,18+,19+,20?/m0/s1. The van der Waals surface area contributed by atoms with Crippen LogP contribution in [0.15, 0.2) is 48.5 Å². The third kappa shape index (κ3) is 3.85. The smallest absolute Gasteiger partial charge is 0.270 e. The van der Waals surface area contributed by atoms with Crippen molar-refractivity contribution in [3.63, 3.8) is 0 Å². The van der Waals surface area contributed by atoms with Crippen LogP contribution >= 0.6 is 0 Å². The maximum absolute atomic E-state index is 12.5. The number of piperidine rings is 1. The molecule has 8 heteroatoms. The molecule has 0 aromatic heterocycles. The van der Waals surface area contributed by atoms with Crippen LogP contribution in [0, 0.1) is 0 Å². The van der Waals surface area contributed by atoms with Crippen LogP contribution in [0.1, 0.15) is 17.2 Å². The highest BCUT2D eigenvalue weighted by molar-refractivity contribution is 5.98. The van der Waals surface area contributed by atoms with Gasteiger partial charge in [-0.1, -0.05) is 36.4 Å². The van der Waals surface area contributed by atoms with Gasteiger partial charge in [0.05, 0.1) is 24.4 Å². The van der Waals surface area contributed by atoms with Gasteiger partial charge in [-0.3, -0.25) is 9.69 Å². The number of carbonyl (C=O) groups excluding carboxylic acids is 1. The quantitative estimate of drug-likeness (QED) is 0.490. The predicted octanol–water partition coefficient (Wildman–Crippen LogP) is 0.0180. The van der Waals surface area contributed by atoms with Crippen LogP contribution in [0.3, 0.4) is 0 Å². The van der Waals surface area contributed by atoms with Crippen LogP contribution in [-0.2, 0) is 11.3 Å². The van der Waals surface area contributed by atoms with E-state index in [2.05, 4.69) is 5.32 Å². The minimum absolute atomic E-state index is 0.111. The van der Waals surface area contributed by atoms with Gasteiger partial charge >= 0.3 is 0 Å². The normalized spacial score (nSPS) is 29.7. The lowest BCUT2D eigenvalue weighted by Crippen LogP contribution is -2.62. The summed E-state index contributed by atoms with van der Waals surface area (Å²) in [7, 11) is 0. The van der Waals surface area contributed by atoms with Crippen molar-refractivity contribution in [1.29, 1.82) is 0 Å². The number of β-amino-alcohol motifs (C(OH)–C–C–N with tert-alkyl or cyclic N) is 1. The first-order valence-electron chi connectivity index (χ1n) is 9.52. The van der Waals surface area contributed by atoms with Gasteiger partial charge in [0.1, 0.15) is 18.0 Å². The van der Waals surface area contributed by atoms with Crippen molar-refractivity contribution in [3.05, 3.63) is 59.7 Å². The number of ether oxygens (including phenoxy) is 1. The fourth-order valence-corrected chi connectivity index (χ4v) is 3.90. The molecule has 0 radical (unpaired) electrons. The number of rotatable bonds is 4. The Morgan fingerprint density at radius 1 is 1.07 bits per heavy atom. The number of aliphatic hydroxyl groups excluding tert-OH is 4. The van der Waals surface area contributed by atoms with E-state index in [-0.39, 0.29) is 19.1 Å². The number of aliphatic hydroxyl groups is 4. The molecule has 2 heterocycles. The molecule has 1 amide bonds. The summed E-state index contributed by atoms with van der Waals surface area (Å²) in [4.78, 5) is 14.2. The summed E-state index contributed by atoms with van der Waals surface area (Å²) in [6, 6.07) is 13.9. The van der Waals surface area contributed by atoms with Crippen LogP contribution < -0.4 is 10.1 Å². The van der Waals surface area contributed by atoms with E-state index in [1.165, 1.54) is 0 Å². The second-order valence-corrected chi connectivity index (χ2v) is 7.46. The number of carbonyl (C=O) groups is 1. The SMILES string of the molecule is O=C1Nc2cc(CN3C[C@H](O)[C@@H](O)[C@H](O)[C@@H]3CO)ccc2OC1c1ccccc1. The summed E-state index contributed by atoms with van der Waals surface area (Å²) >= 11 is 0. The van der Waals surface area contributed by atoms with Crippen molar-refractivity contribution >= 4 is 11.6 Å². The zero-order valence-electron chi connectivity index (χ0n) is 15.7. The van der Waals surface area contributed by atoms with Crippen molar-refractivity contribution < 1.29 is 30.0 Å². The second kappa shape index (κ2) is 8.10. The lowest BCUT2D eigenvalue weighted by Gasteiger charge is -2.43. The Labute approximate surface area is 168 Å². The molecule has 1 fully saturated rings. The van der Waals surface area contributed by atoms with Gasteiger partial charge < -0.3 is 30.5 Å². The molecule has 2 aromatic carbocycles. The molecule has 2 aliphatic heterocycles. The molecule has 8 nitrogen and oxygen atoms in total. The number of benzene rings is 2. The first-order chi connectivity index (χ1) is 14.0. The van der Waals surface area contributed by atoms with Gasteiger partial charge in [0.25, 0.3) is 5.91 Å². The Hall–Kier alpha value is -2.49. The first kappa shape index (κ1) is 19.8. The molecule has 5 atom stereocenters. The summed E-state index contributed by atoms with van der Waals surface area (Å²) in [5.74, 6) is 0.288. The summed E-state index contributed by atoms with van der Waals surface area (Å²) < 4.78 is 5.89. The van der Waals surface area contributed by atoms with Crippen molar-refractivity contribution in [3.8, 4) is 5.75 Å². The highest BCUT2D eigenvalue weighted by Crippen LogP contribution is 2.36. The van der Waals surface area contributed by atoms with E-state index in [0.717, 1.165) is 11.1 Å². The molecule has 1 unspecified atom stereocenters. The van der Waals surface area contributed by atoms with E-state index >= 15 is 0 Å². The lowest BCUT2D eigenvalue weighted by molar-refractivity contribution is -0.147. The van der Waals surface area contributed by atoms with Gasteiger partial charge in [-0.25, -0.2) is 0 Å². The molecule has 0 bridgehead atoms. The minimum atomic E-state index is -1.30. The zero-order chi connectivity index (χ0) is 20.5. The Kier molecular flexibility index (Phi) is 5.53. The van der Waals surface area contributed by atoms with Gasteiger partial charge in [0.15, 0.2) is 0 Å². The highest BCUT2D eigenvalue weighted by Gasteiger charge is 2.41. The molecular weight excluding hydrogens is 376 g/mol. The fourth-order valence-electron chi connectivity index (χ4n) is 3.90. The highest BCUT2D eigenvalue weighted by atomic mass is 16.5. The summed E-state index contributed by atoms with van der Waals surface area (Å²) in [6.45, 7) is 0.0747. The van der Waals surface area contributed by atoms with Crippen molar-refractivity contribution in [2.45, 2.75) is 37.0 Å². The molecule has 2 aromatic rings. The maximum atomic E-state index is 12.5. The van der Waals surface area contributed by atoms with Gasteiger partial charge in [0, 0.05) is 18.7 Å². The number of nitrogens with zero attached hydrogens (tertiary/aromatic N) is 1. The molecule has 5 N–H and O–H groups in total. The van der Waals surface area contributed by atoms with E-state index in [9.17, 15) is 25.2 Å². The Morgan fingerprint density at radius 2 is 1.83 bits per heavy atom. The number of anilines is 1. The molecule has 1 saturated heterocycles. The zero-order valence-corrected chi connectivity index (χ0v) is 15.7. The average molecular weight is 400 g/mol. The Bertz CT molecular complexity index is 877. The molecule has 29 heavy (non-hydrogen) atoms.